The average Bonchev–Trinajstić information content (AvgIpc) is 3.49. The average molecular weight is 573 g/mol. The Morgan fingerprint density at radius 1 is 0.289 bits per heavy atom. The van der Waals surface area contributed by atoms with Crippen molar-refractivity contribution < 1.29 is 4.42 Å². The number of hydrogen-bond donors (Lipinski definition) is 0. The van der Waals surface area contributed by atoms with Gasteiger partial charge >= 0.3 is 0 Å². The summed E-state index contributed by atoms with van der Waals surface area (Å²) < 4.78 is 6.56. The molecule has 0 saturated carbocycles. The van der Waals surface area contributed by atoms with Crippen LogP contribution in [0.4, 0.5) is 0 Å². The second kappa shape index (κ2) is 10.4. The molecule has 9 aromatic rings. The van der Waals surface area contributed by atoms with Gasteiger partial charge in [0.1, 0.15) is 11.2 Å². The van der Waals surface area contributed by atoms with Crippen molar-refractivity contribution in [3.8, 4) is 44.5 Å². The van der Waals surface area contributed by atoms with Crippen LogP contribution in [0.1, 0.15) is 0 Å². The molecule has 210 valence electrons. The van der Waals surface area contributed by atoms with Crippen LogP contribution in [0.5, 0.6) is 0 Å². The zero-order valence-corrected chi connectivity index (χ0v) is 24.6. The van der Waals surface area contributed by atoms with Gasteiger partial charge in [-0.1, -0.05) is 152 Å². The normalized spacial score (nSPS) is 11.6. The maximum atomic E-state index is 6.56. The lowest BCUT2D eigenvalue weighted by Gasteiger charge is -2.20. The molecule has 0 radical (unpaired) electrons. The Bertz CT molecular complexity index is 2460. The third-order valence-electron chi connectivity index (χ3n) is 9.06. The number of rotatable bonds is 4. The van der Waals surface area contributed by atoms with Crippen LogP contribution in [-0.4, -0.2) is 0 Å². The predicted molar refractivity (Wildman–Crippen MR) is 190 cm³/mol. The smallest absolute Gasteiger partial charge is 0.136 e. The van der Waals surface area contributed by atoms with Crippen LogP contribution in [0.25, 0.3) is 88.0 Å². The summed E-state index contributed by atoms with van der Waals surface area (Å²) in [5.41, 5.74) is 11.5. The van der Waals surface area contributed by atoms with Crippen molar-refractivity contribution >= 4 is 43.5 Å². The first-order valence-corrected chi connectivity index (χ1v) is 15.4. The molecule has 45 heavy (non-hydrogen) atoms. The largest absolute Gasteiger partial charge is 0.456 e. The van der Waals surface area contributed by atoms with Crippen LogP contribution >= 0.6 is 0 Å². The summed E-state index contributed by atoms with van der Waals surface area (Å²) in [5.74, 6) is 0. The molecule has 0 atom stereocenters. The van der Waals surface area contributed by atoms with Crippen LogP contribution in [0.2, 0.25) is 0 Å². The zero-order chi connectivity index (χ0) is 29.7. The Kier molecular flexibility index (Phi) is 5.89. The van der Waals surface area contributed by atoms with Gasteiger partial charge in [-0.15, -0.1) is 0 Å². The van der Waals surface area contributed by atoms with Crippen LogP contribution in [0, 0.1) is 0 Å². The standard InChI is InChI=1S/C44H28O/c1-3-15-29(16-4-1)32-19-7-8-20-33(32)43-36-23-11-9-21-34(36)42(35-22-10-12-24-37(35)43)31-27-39(30-17-5-2-6-18-30)44-38-25-13-14-26-40(38)45-41(44)28-31/h1-28H. The highest BCUT2D eigenvalue weighted by Gasteiger charge is 2.21. The lowest BCUT2D eigenvalue weighted by molar-refractivity contribution is 0.669. The van der Waals surface area contributed by atoms with Crippen LogP contribution < -0.4 is 0 Å². The minimum absolute atomic E-state index is 0.902. The summed E-state index contributed by atoms with van der Waals surface area (Å²) in [5, 5.41) is 7.22. The minimum Gasteiger partial charge on any atom is -0.456 e. The van der Waals surface area contributed by atoms with E-state index >= 15 is 0 Å². The number of para-hydroxylation sites is 1. The fourth-order valence-electron chi connectivity index (χ4n) is 7.14. The zero-order valence-electron chi connectivity index (χ0n) is 24.6. The van der Waals surface area contributed by atoms with Gasteiger partial charge in [0.25, 0.3) is 0 Å². The van der Waals surface area contributed by atoms with Gasteiger partial charge in [-0.05, 0) is 84.3 Å². The van der Waals surface area contributed by atoms with E-state index in [9.17, 15) is 0 Å². The van der Waals surface area contributed by atoms with Gasteiger partial charge in [-0.25, -0.2) is 0 Å². The number of fused-ring (bicyclic) bond motifs is 5. The van der Waals surface area contributed by atoms with Crippen LogP contribution in [0.15, 0.2) is 174 Å². The predicted octanol–water partition coefficient (Wildman–Crippen LogP) is 12.6. The van der Waals surface area contributed by atoms with Crippen molar-refractivity contribution in [1.29, 1.82) is 0 Å². The first-order chi connectivity index (χ1) is 22.3. The van der Waals surface area contributed by atoms with E-state index in [2.05, 4.69) is 164 Å². The molecule has 0 amide bonds. The molecule has 1 heterocycles. The molecule has 0 bridgehead atoms. The summed E-state index contributed by atoms with van der Waals surface area (Å²) in [6.07, 6.45) is 0. The Labute approximate surface area is 261 Å². The molecule has 1 aromatic heterocycles. The molecule has 0 aliphatic heterocycles. The molecule has 1 heteroatoms. The highest BCUT2D eigenvalue weighted by molar-refractivity contribution is 6.23. The molecule has 9 rings (SSSR count). The van der Waals surface area contributed by atoms with Gasteiger partial charge in [0.15, 0.2) is 0 Å². The maximum Gasteiger partial charge on any atom is 0.136 e. The molecule has 0 N–H and O–H groups in total. The lowest BCUT2D eigenvalue weighted by atomic mass is 9.83. The number of hydrogen-bond acceptors (Lipinski definition) is 1. The van der Waals surface area contributed by atoms with Crippen molar-refractivity contribution in [2.45, 2.75) is 0 Å². The Balaban J connectivity index is 1.41. The van der Waals surface area contributed by atoms with Crippen molar-refractivity contribution in [3.05, 3.63) is 170 Å². The Morgan fingerprint density at radius 3 is 1.38 bits per heavy atom. The van der Waals surface area contributed by atoms with Gasteiger partial charge in [-0.3, -0.25) is 0 Å². The molecule has 0 unspecified atom stereocenters. The quantitative estimate of drug-likeness (QED) is 0.191. The first-order valence-electron chi connectivity index (χ1n) is 15.4. The minimum atomic E-state index is 0.902. The first kappa shape index (κ1) is 25.6. The summed E-state index contributed by atoms with van der Waals surface area (Å²) in [4.78, 5) is 0. The second-order valence-electron chi connectivity index (χ2n) is 11.6. The van der Waals surface area contributed by atoms with Crippen molar-refractivity contribution in [3.63, 3.8) is 0 Å². The molecule has 8 aromatic carbocycles. The van der Waals surface area contributed by atoms with Crippen molar-refractivity contribution in [2.75, 3.05) is 0 Å². The maximum absolute atomic E-state index is 6.56. The Hall–Kier alpha value is -5.92. The fourth-order valence-corrected chi connectivity index (χ4v) is 7.14. The van der Waals surface area contributed by atoms with E-state index in [1.165, 1.54) is 60.5 Å². The van der Waals surface area contributed by atoms with Gasteiger partial charge in [0.05, 0.1) is 0 Å². The molecular weight excluding hydrogens is 544 g/mol. The fraction of sp³-hybridized carbons (Fsp3) is 0. The van der Waals surface area contributed by atoms with Gasteiger partial charge in [0.2, 0.25) is 0 Å². The lowest BCUT2D eigenvalue weighted by Crippen LogP contribution is -1.93. The molecule has 0 fully saturated rings. The number of benzene rings is 8. The highest BCUT2D eigenvalue weighted by atomic mass is 16.3. The van der Waals surface area contributed by atoms with Crippen LogP contribution in [0.3, 0.4) is 0 Å². The van der Waals surface area contributed by atoms with E-state index in [4.69, 9.17) is 4.42 Å². The van der Waals surface area contributed by atoms with Crippen molar-refractivity contribution in [2.24, 2.45) is 0 Å². The van der Waals surface area contributed by atoms with E-state index < -0.39 is 0 Å². The third kappa shape index (κ3) is 4.09. The molecule has 0 spiro atoms. The number of furan rings is 1. The molecule has 0 saturated heterocycles. The van der Waals surface area contributed by atoms with E-state index in [-0.39, 0.29) is 0 Å². The monoisotopic (exact) mass is 572 g/mol. The van der Waals surface area contributed by atoms with Crippen molar-refractivity contribution in [1.82, 2.24) is 0 Å². The SMILES string of the molecule is c1ccc(-c2ccccc2-c2c3ccccc3c(-c3cc(-c4ccccc4)c4c(c3)oc3ccccc34)c3ccccc23)cc1. The third-order valence-corrected chi connectivity index (χ3v) is 9.06. The second-order valence-corrected chi connectivity index (χ2v) is 11.6. The van der Waals surface area contributed by atoms with Gasteiger partial charge < -0.3 is 4.42 Å². The summed E-state index contributed by atoms with van der Waals surface area (Å²) in [6.45, 7) is 0. The Morgan fingerprint density at radius 2 is 0.756 bits per heavy atom. The summed E-state index contributed by atoms with van der Waals surface area (Å²) in [6, 6.07) is 60.9. The van der Waals surface area contributed by atoms with E-state index in [1.54, 1.807) is 0 Å². The topological polar surface area (TPSA) is 13.1 Å². The van der Waals surface area contributed by atoms with Gasteiger partial charge in [0, 0.05) is 10.8 Å². The molecule has 0 aliphatic carbocycles. The molecular formula is C44H28O. The molecule has 0 aliphatic rings. The highest BCUT2D eigenvalue weighted by Crippen LogP contribution is 2.48. The van der Waals surface area contributed by atoms with E-state index in [0.717, 1.165) is 27.5 Å². The van der Waals surface area contributed by atoms with E-state index in [0.29, 0.717) is 0 Å². The van der Waals surface area contributed by atoms with Crippen LogP contribution in [-0.2, 0) is 0 Å². The van der Waals surface area contributed by atoms with E-state index in [1.807, 2.05) is 6.07 Å². The van der Waals surface area contributed by atoms with Gasteiger partial charge in [-0.2, -0.15) is 0 Å². The molecule has 1 nitrogen and oxygen atoms in total. The summed E-state index contributed by atoms with van der Waals surface area (Å²) in [7, 11) is 0. The summed E-state index contributed by atoms with van der Waals surface area (Å²) >= 11 is 0.